The Hall–Kier alpha value is -2.64. The summed E-state index contributed by atoms with van der Waals surface area (Å²) in [6.45, 7) is -1.15. The summed E-state index contributed by atoms with van der Waals surface area (Å²) in [6, 6.07) is 10.9. The minimum atomic E-state index is -2.98. The Balaban J connectivity index is 1.80. The normalized spacial score (nSPS) is 10.7. The van der Waals surface area contributed by atoms with Crippen molar-refractivity contribution in [2.45, 2.75) is 13.5 Å². The largest absolute Gasteiger partial charge is 0.439 e. The number of hydrogen-bond acceptors (Lipinski definition) is 5. The van der Waals surface area contributed by atoms with E-state index < -0.39 is 6.61 Å². The Bertz CT molecular complexity index is 958. The van der Waals surface area contributed by atoms with Gasteiger partial charge in [0, 0.05) is 30.5 Å². The Morgan fingerprint density at radius 1 is 0.852 bits per heavy atom. The quantitative estimate of drug-likeness (QED) is 0.476. The summed E-state index contributed by atoms with van der Waals surface area (Å²) < 4.78 is 40.1. The molecule has 0 aliphatic rings. The highest BCUT2D eigenvalue weighted by Gasteiger charge is 2.10. The van der Waals surface area contributed by atoms with Crippen LogP contribution in [-0.4, -0.2) is 16.6 Å². The van der Waals surface area contributed by atoms with Crippen molar-refractivity contribution in [3.8, 4) is 29.1 Å². The van der Waals surface area contributed by atoms with Gasteiger partial charge in [0.15, 0.2) is 0 Å². The van der Waals surface area contributed by atoms with Gasteiger partial charge in [0.05, 0.1) is 10.0 Å². The maximum Gasteiger partial charge on any atom is 0.388 e. The van der Waals surface area contributed by atoms with Crippen LogP contribution in [0.4, 0.5) is 8.78 Å². The maximum absolute atomic E-state index is 12.3. The van der Waals surface area contributed by atoms with Crippen molar-refractivity contribution in [1.82, 2.24) is 9.97 Å². The Morgan fingerprint density at radius 2 is 1.52 bits per heavy atom. The second kappa shape index (κ2) is 8.37. The summed E-state index contributed by atoms with van der Waals surface area (Å²) in [4.78, 5) is 7.91. The first kappa shape index (κ1) is 19.1. The van der Waals surface area contributed by atoms with Gasteiger partial charge < -0.3 is 14.2 Å². The molecule has 3 rings (SSSR count). The molecule has 0 saturated heterocycles. The molecule has 27 heavy (non-hydrogen) atoms. The van der Waals surface area contributed by atoms with E-state index in [2.05, 4.69) is 14.7 Å². The zero-order chi connectivity index (χ0) is 19.4. The SMILES string of the molecule is Cc1cc(Oc2ccnc(OC(F)F)c2)nc(Oc2ccc(Cl)c(Cl)c2)c1. The number of aromatic nitrogens is 2. The number of pyridine rings is 2. The molecule has 0 aliphatic heterocycles. The first-order valence-corrected chi connectivity index (χ1v) is 8.35. The number of hydrogen-bond donors (Lipinski definition) is 0. The molecule has 2 aromatic heterocycles. The molecule has 0 saturated carbocycles. The second-order valence-electron chi connectivity index (χ2n) is 5.31. The van der Waals surface area contributed by atoms with Crippen LogP contribution in [0.1, 0.15) is 5.56 Å². The molecule has 2 heterocycles. The Morgan fingerprint density at radius 3 is 2.15 bits per heavy atom. The molecule has 5 nitrogen and oxygen atoms in total. The van der Waals surface area contributed by atoms with Gasteiger partial charge in [-0.15, -0.1) is 0 Å². The van der Waals surface area contributed by atoms with Crippen LogP contribution in [0.2, 0.25) is 10.0 Å². The van der Waals surface area contributed by atoms with Crippen LogP contribution in [0.5, 0.6) is 29.1 Å². The molecule has 3 aromatic rings. The molecule has 9 heteroatoms. The molecule has 0 amide bonds. The van der Waals surface area contributed by atoms with Crippen molar-refractivity contribution in [2.24, 2.45) is 0 Å². The first-order chi connectivity index (χ1) is 12.9. The molecule has 1 aromatic carbocycles. The third kappa shape index (κ3) is 5.42. The molecule has 0 radical (unpaired) electrons. The van der Waals surface area contributed by atoms with E-state index in [1.165, 1.54) is 18.3 Å². The molecular formula is C18H12Cl2F2N2O3. The molecule has 0 spiro atoms. The summed E-state index contributed by atoms with van der Waals surface area (Å²) in [5, 5.41) is 0.756. The summed E-state index contributed by atoms with van der Waals surface area (Å²) >= 11 is 11.9. The number of benzene rings is 1. The molecule has 0 atom stereocenters. The summed E-state index contributed by atoms with van der Waals surface area (Å²) in [7, 11) is 0. The molecule has 0 unspecified atom stereocenters. The van der Waals surface area contributed by atoms with Crippen LogP contribution in [-0.2, 0) is 0 Å². The third-order valence-corrected chi connectivity index (χ3v) is 3.91. The number of nitrogens with zero attached hydrogens (tertiary/aromatic N) is 2. The average Bonchev–Trinajstić information content (AvgIpc) is 2.57. The minimum absolute atomic E-state index is 0.208. The molecule has 0 N–H and O–H groups in total. The summed E-state index contributed by atoms with van der Waals surface area (Å²) in [5.74, 6) is 0.896. The Labute approximate surface area is 163 Å². The minimum Gasteiger partial charge on any atom is -0.439 e. The number of alkyl halides is 2. The van der Waals surface area contributed by atoms with Crippen molar-refractivity contribution in [3.63, 3.8) is 0 Å². The number of rotatable bonds is 6. The maximum atomic E-state index is 12.3. The predicted molar refractivity (Wildman–Crippen MR) is 96.5 cm³/mol. The smallest absolute Gasteiger partial charge is 0.388 e. The fourth-order valence-electron chi connectivity index (χ4n) is 2.10. The van der Waals surface area contributed by atoms with Crippen LogP contribution in [0.3, 0.4) is 0 Å². The van der Waals surface area contributed by atoms with Gasteiger partial charge in [-0.1, -0.05) is 23.2 Å². The topological polar surface area (TPSA) is 53.5 Å². The highest BCUT2D eigenvalue weighted by atomic mass is 35.5. The van der Waals surface area contributed by atoms with E-state index in [0.29, 0.717) is 15.8 Å². The lowest BCUT2D eigenvalue weighted by Crippen LogP contribution is -2.03. The van der Waals surface area contributed by atoms with Gasteiger partial charge >= 0.3 is 6.61 Å². The van der Waals surface area contributed by atoms with Gasteiger partial charge in [-0.3, -0.25) is 0 Å². The highest BCUT2D eigenvalue weighted by molar-refractivity contribution is 6.42. The van der Waals surface area contributed by atoms with Gasteiger partial charge in [0.2, 0.25) is 17.6 Å². The monoisotopic (exact) mass is 412 g/mol. The summed E-state index contributed by atoms with van der Waals surface area (Å²) in [5.41, 5.74) is 0.813. The van der Waals surface area contributed by atoms with E-state index in [-0.39, 0.29) is 23.4 Å². The zero-order valence-corrected chi connectivity index (χ0v) is 15.3. The van der Waals surface area contributed by atoms with E-state index in [1.807, 2.05) is 6.92 Å². The van der Waals surface area contributed by atoms with Gasteiger partial charge in [-0.05, 0) is 30.7 Å². The van der Waals surface area contributed by atoms with Crippen LogP contribution in [0.25, 0.3) is 0 Å². The first-order valence-electron chi connectivity index (χ1n) is 7.59. The lowest BCUT2D eigenvalue weighted by molar-refractivity contribution is -0.0529. The van der Waals surface area contributed by atoms with E-state index in [4.69, 9.17) is 32.7 Å². The van der Waals surface area contributed by atoms with E-state index in [0.717, 1.165) is 5.56 Å². The van der Waals surface area contributed by atoms with Gasteiger partial charge in [0.25, 0.3) is 0 Å². The van der Waals surface area contributed by atoms with Crippen LogP contribution in [0.15, 0.2) is 48.7 Å². The summed E-state index contributed by atoms with van der Waals surface area (Å²) in [6.07, 6.45) is 1.29. The molecule has 0 fully saturated rings. The number of aryl methyl sites for hydroxylation is 1. The zero-order valence-electron chi connectivity index (χ0n) is 13.8. The average molecular weight is 413 g/mol. The standard InChI is InChI=1S/C18H12Cl2F2N2O3/c1-10-6-16(25-11-2-3-13(19)14(20)8-11)24-17(7-10)26-12-4-5-23-15(9-12)27-18(21)22/h2-9,18H,1H3. The number of halogens is 4. The van der Waals surface area contributed by atoms with E-state index in [1.54, 1.807) is 30.3 Å². The van der Waals surface area contributed by atoms with Crippen LogP contribution < -0.4 is 14.2 Å². The molecule has 140 valence electrons. The van der Waals surface area contributed by atoms with Crippen molar-refractivity contribution in [3.05, 3.63) is 64.3 Å². The Kier molecular flexibility index (Phi) is 5.93. The fraction of sp³-hybridized carbons (Fsp3) is 0.111. The van der Waals surface area contributed by atoms with Crippen molar-refractivity contribution in [1.29, 1.82) is 0 Å². The van der Waals surface area contributed by atoms with Gasteiger partial charge in [0.1, 0.15) is 11.5 Å². The molecular weight excluding hydrogens is 401 g/mol. The van der Waals surface area contributed by atoms with E-state index in [9.17, 15) is 8.78 Å². The second-order valence-corrected chi connectivity index (χ2v) is 6.12. The lowest BCUT2D eigenvalue weighted by atomic mass is 10.3. The van der Waals surface area contributed by atoms with Crippen molar-refractivity contribution < 1.29 is 23.0 Å². The molecule has 0 bridgehead atoms. The third-order valence-electron chi connectivity index (χ3n) is 3.17. The predicted octanol–water partition coefficient (Wildman–Crippen LogP) is 6.28. The van der Waals surface area contributed by atoms with E-state index >= 15 is 0 Å². The molecule has 0 aliphatic carbocycles. The van der Waals surface area contributed by atoms with Gasteiger partial charge in [-0.2, -0.15) is 13.8 Å². The lowest BCUT2D eigenvalue weighted by Gasteiger charge is -2.10. The van der Waals surface area contributed by atoms with Crippen LogP contribution >= 0.6 is 23.2 Å². The van der Waals surface area contributed by atoms with Crippen molar-refractivity contribution >= 4 is 23.2 Å². The fourth-order valence-corrected chi connectivity index (χ4v) is 2.39. The van der Waals surface area contributed by atoms with Crippen LogP contribution in [0, 0.1) is 6.92 Å². The van der Waals surface area contributed by atoms with Gasteiger partial charge in [-0.25, -0.2) is 4.98 Å². The van der Waals surface area contributed by atoms with Crippen molar-refractivity contribution in [2.75, 3.05) is 0 Å². The number of ether oxygens (including phenoxy) is 3. The highest BCUT2D eigenvalue weighted by Crippen LogP contribution is 2.31.